The molecule has 0 aromatic carbocycles. The molecule has 2 atom stereocenters. The number of nitrogens with two attached hydrogens (primary N) is 1. The van der Waals surface area contributed by atoms with E-state index in [0.29, 0.717) is 4.57 Å². The lowest BCUT2D eigenvalue weighted by atomic mass is 10.1. The first kappa shape index (κ1) is 11.2. The van der Waals surface area contributed by atoms with E-state index in [1.807, 2.05) is 0 Å². The molecule has 0 aliphatic carbocycles. The lowest BCUT2D eigenvalue weighted by Crippen LogP contribution is -2.44. The minimum absolute atomic E-state index is 0.626. The summed E-state index contributed by atoms with van der Waals surface area (Å²) in [7, 11) is 0. The number of aliphatic carboxylic acids is 1. The third-order valence-electron chi connectivity index (χ3n) is 2.09. The molecule has 4 N–H and O–H groups in total. The molecule has 0 saturated heterocycles. The molecule has 1 aromatic heterocycles. The number of hydrogen-bond donors (Lipinski definition) is 3. The number of carboxylic acids is 1. The standard InChI is InChI=1S/C8H11N3O4/c1-4(7(13)14)6(9)11-5(12)2-3-10-8(11)15/h2-4,6H,9H2,1H3,(H,10,15)(H,13,14). The summed E-state index contributed by atoms with van der Waals surface area (Å²) in [5.41, 5.74) is 4.16. The summed E-state index contributed by atoms with van der Waals surface area (Å²) in [5.74, 6) is -2.19. The van der Waals surface area contributed by atoms with Crippen molar-refractivity contribution in [2.75, 3.05) is 0 Å². The molecule has 7 nitrogen and oxygen atoms in total. The molecule has 0 aliphatic heterocycles. The van der Waals surface area contributed by atoms with Gasteiger partial charge in [0.15, 0.2) is 0 Å². The Kier molecular flexibility index (Phi) is 3.05. The topological polar surface area (TPSA) is 118 Å². The second-order valence-electron chi connectivity index (χ2n) is 3.11. The largest absolute Gasteiger partial charge is 0.481 e. The van der Waals surface area contributed by atoms with Gasteiger partial charge in [-0.2, -0.15) is 0 Å². The highest BCUT2D eigenvalue weighted by atomic mass is 16.4. The number of aromatic nitrogens is 2. The van der Waals surface area contributed by atoms with E-state index in [-0.39, 0.29) is 0 Å². The fraction of sp³-hybridized carbons (Fsp3) is 0.375. The Balaban J connectivity index is 3.23. The molecular weight excluding hydrogens is 202 g/mol. The Hall–Kier alpha value is -1.89. The predicted molar refractivity (Wildman–Crippen MR) is 51.3 cm³/mol. The van der Waals surface area contributed by atoms with E-state index in [1.165, 1.54) is 13.1 Å². The van der Waals surface area contributed by atoms with Crippen LogP contribution in [0.3, 0.4) is 0 Å². The van der Waals surface area contributed by atoms with Crippen LogP contribution in [0.25, 0.3) is 0 Å². The SMILES string of the molecule is CC(C(=O)O)C(N)n1c(=O)cc[nH]c1=O. The summed E-state index contributed by atoms with van der Waals surface area (Å²) in [6, 6.07) is 1.11. The molecule has 7 heteroatoms. The summed E-state index contributed by atoms with van der Waals surface area (Å²) in [5, 5.41) is 8.69. The third-order valence-corrected chi connectivity index (χ3v) is 2.09. The molecule has 1 heterocycles. The second-order valence-corrected chi connectivity index (χ2v) is 3.11. The van der Waals surface area contributed by atoms with Crippen LogP contribution in [-0.4, -0.2) is 20.6 Å². The number of carbonyl (C=O) groups is 1. The maximum Gasteiger partial charge on any atom is 0.329 e. The van der Waals surface area contributed by atoms with Gasteiger partial charge in [0.1, 0.15) is 6.17 Å². The normalized spacial score (nSPS) is 14.5. The van der Waals surface area contributed by atoms with Crippen molar-refractivity contribution in [2.24, 2.45) is 11.7 Å². The minimum atomic E-state index is -1.18. The number of H-pyrrole nitrogens is 1. The molecule has 15 heavy (non-hydrogen) atoms. The number of carboxylic acid groups (broad SMARTS) is 1. The van der Waals surface area contributed by atoms with E-state index in [1.54, 1.807) is 0 Å². The summed E-state index contributed by atoms with van der Waals surface area (Å²) in [4.78, 5) is 35.4. The summed E-state index contributed by atoms with van der Waals surface area (Å²) >= 11 is 0. The Morgan fingerprint density at radius 3 is 2.67 bits per heavy atom. The molecule has 0 amide bonds. The molecule has 0 spiro atoms. The van der Waals surface area contributed by atoms with Gasteiger partial charge in [0.2, 0.25) is 0 Å². The lowest BCUT2D eigenvalue weighted by Gasteiger charge is -2.16. The predicted octanol–water partition coefficient (Wildman–Crippen LogP) is -1.29. The first-order valence-corrected chi connectivity index (χ1v) is 4.23. The molecule has 2 unspecified atom stereocenters. The van der Waals surface area contributed by atoms with Crippen molar-refractivity contribution in [3.63, 3.8) is 0 Å². The van der Waals surface area contributed by atoms with Gasteiger partial charge >= 0.3 is 11.7 Å². The van der Waals surface area contributed by atoms with Crippen molar-refractivity contribution in [2.45, 2.75) is 13.1 Å². The molecule has 0 bridgehead atoms. The summed E-state index contributed by atoms with van der Waals surface area (Å²) < 4.78 is 0.679. The van der Waals surface area contributed by atoms with Gasteiger partial charge in [-0.15, -0.1) is 0 Å². The maximum atomic E-state index is 11.3. The highest BCUT2D eigenvalue weighted by Gasteiger charge is 2.23. The van der Waals surface area contributed by atoms with Crippen molar-refractivity contribution < 1.29 is 9.90 Å². The first-order chi connectivity index (χ1) is 6.95. The van der Waals surface area contributed by atoms with E-state index in [9.17, 15) is 14.4 Å². The molecule has 1 rings (SSSR count). The number of aromatic amines is 1. The van der Waals surface area contributed by atoms with Gasteiger partial charge in [0, 0.05) is 12.3 Å². The Morgan fingerprint density at radius 1 is 1.60 bits per heavy atom. The van der Waals surface area contributed by atoms with Gasteiger partial charge in [-0.05, 0) is 6.92 Å². The van der Waals surface area contributed by atoms with E-state index in [0.717, 1.165) is 6.07 Å². The van der Waals surface area contributed by atoms with Crippen LogP contribution in [0.5, 0.6) is 0 Å². The molecular formula is C8H11N3O4. The van der Waals surface area contributed by atoms with Crippen molar-refractivity contribution >= 4 is 5.97 Å². The second kappa shape index (κ2) is 4.09. The zero-order valence-corrected chi connectivity index (χ0v) is 8.01. The van der Waals surface area contributed by atoms with E-state index in [4.69, 9.17) is 10.8 Å². The van der Waals surface area contributed by atoms with Gasteiger partial charge in [0.25, 0.3) is 5.56 Å². The molecule has 0 aliphatic rings. The highest BCUT2D eigenvalue weighted by molar-refractivity contribution is 5.70. The highest BCUT2D eigenvalue weighted by Crippen LogP contribution is 2.07. The quantitative estimate of drug-likeness (QED) is 0.577. The number of nitrogens with one attached hydrogen (secondary N) is 1. The van der Waals surface area contributed by atoms with Gasteiger partial charge in [-0.3, -0.25) is 9.59 Å². The van der Waals surface area contributed by atoms with Crippen LogP contribution < -0.4 is 17.0 Å². The zero-order chi connectivity index (χ0) is 11.6. The van der Waals surface area contributed by atoms with Crippen LogP contribution in [0.1, 0.15) is 13.1 Å². The van der Waals surface area contributed by atoms with Gasteiger partial charge < -0.3 is 15.8 Å². The van der Waals surface area contributed by atoms with Crippen LogP contribution in [0.4, 0.5) is 0 Å². The van der Waals surface area contributed by atoms with Crippen LogP contribution in [0, 0.1) is 5.92 Å². The fourth-order valence-electron chi connectivity index (χ4n) is 1.09. The smallest absolute Gasteiger partial charge is 0.329 e. The van der Waals surface area contributed by atoms with Crippen LogP contribution in [0.2, 0.25) is 0 Å². The Morgan fingerprint density at radius 2 is 2.20 bits per heavy atom. The van der Waals surface area contributed by atoms with Gasteiger partial charge in [-0.1, -0.05) is 0 Å². The molecule has 0 fully saturated rings. The molecule has 0 saturated carbocycles. The average molecular weight is 213 g/mol. The van der Waals surface area contributed by atoms with Crippen molar-refractivity contribution in [3.05, 3.63) is 33.1 Å². The Labute approximate surface area is 84.2 Å². The monoisotopic (exact) mass is 213 g/mol. The lowest BCUT2D eigenvalue weighted by molar-refractivity contribution is -0.142. The Bertz CT molecular complexity index is 447. The summed E-state index contributed by atoms with van der Waals surface area (Å²) in [6.45, 7) is 1.33. The van der Waals surface area contributed by atoms with Crippen LogP contribution in [-0.2, 0) is 4.79 Å². The van der Waals surface area contributed by atoms with Crippen molar-refractivity contribution in [3.8, 4) is 0 Å². The third kappa shape index (κ3) is 2.13. The van der Waals surface area contributed by atoms with Gasteiger partial charge in [-0.25, -0.2) is 9.36 Å². The number of nitrogens with zero attached hydrogens (tertiary/aromatic N) is 1. The minimum Gasteiger partial charge on any atom is -0.481 e. The van der Waals surface area contributed by atoms with E-state index in [2.05, 4.69) is 4.98 Å². The van der Waals surface area contributed by atoms with Crippen LogP contribution >= 0.6 is 0 Å². The maximum absolute atomic E-state index is 11.3. The van der Waals surface area contributed by atoms with Crippen molar-refractivity contribution in [1.29, 1.82) is 0 Å². The summed E-state index contributed by atoms with van der Waals surface area (Å²) in [6.07, 6.45) is -0.000720. The number of rotatable bonds is 3. The van der Waals surface area contributed by atoms with E-state index >= 15 is 0 Å². The zero-order valence-electron chi connectivity index (χ0n) is 8.01. The molecule has 1 aromatic rings. The van der Waals surface area contributed by atoms with Crippen molar-refractivity contribution in [1.82, 2.24) is 9.55 Å². The van der Waals surface area contributed by atoms with Gasteiger partial charge in [0.05, 0.1) is 5.92 Å². The average Bonchev–Trinajstić information content (AvgIpc) is 2.15. The van der Waals surface area contributed by atoms with Crippen LogP contribution in [0.15, 0.2) is 21.9 Å². The molecule has 82 valence electrons. The molecule has 0 radical (unpaired) electrons. The first-order valence-electron chi connectivity index (χ1n) is 4.23. The fourth-order valence-corrected chi connectivity index (χ4v) is 1.09. The number of hydrogen-bond acceptors (Lipinski definition) is 4. The van der Waals surface area contributed by atoms with E-state index < -0.39 is 29.3 Å².